The molecular formula is C12H26N2S. The summed E-state index contributed by atoms with van der Waals surface area (Å²) in [7, 11) is 0. The Morgan fingerprint density at radius 2 is 2.33 bits per heavy atom. The fraction of sp³-hybridized carbons (Fsp3) is 1.00. The third-order valence-electron chi connectivity index (χ3n) is 3.12. The van der Waals surface area contributed by atoms with E-state index in [0.717, 1.165) is 11.3 Å². The van der Waals surface area contributed by atoms with Crippen LogP contribution in [0.5, 0.6) is 0 Å². The molecule has 0 spiro atoms. The Hall–Kier alpha value is 0.270. The van der Waals surface area contributed by atoms with Crippen molar-refractivity contribution in [1.82, 2.24) is 10.2 Å². The molecule has 1 rings (SSSR count). The Morgan fingerprint density at radius 3 is 3.00 bits per heavy atom. The lowest BCUT2D eigenvalue weighted by atomic mass is 10.1. The van der Waals surface area contributed by atoms with Crippen molar-refractivity contribution >= 4 is 11.8 Å². The highest BCUT2D eigenvalue weighted by atomic mass is 32.2. The molecule has 15 heavy (non-hydrogen) atoms. The van der Waals surface area contributed by atoms with Crippen molar-refractivity contribution in [3.05, 3.63) is 0 Å². The Labute approximate surface area is 99.2 Å². The van der Waals surface area contributed by atoms with Crippen LogP contribution < -0.4 is 5.32 Å². The quantitative estimate of drug-likeness (QED) is 0.779. The zero-order valence-corrected chi connectivity index (χ0v) is 11.3. The minimum atomic E-state index is 0.728. The second-order valence-electron chi connectivity index (χ2n) is 4.60. The van der Waals surface area contributed by atoms with Gasteiger partial charge in [-0.2, -0.15) is 11.8 Å². The molecule has 90 valence electrons. The second kappa shape index (κ2) is 7.53. The number of thioether (sulfide) groups is 1. The Morgan fingerprint density at radius 1 is 1.53 bits per heavy atom. The smallest absolute Gasteiger partial charge is 0.0194 e. The topological polar surface area (TPSA) is 15.3 Å². The summed E-state index contributed by atoms with van der Waals surface area (Å²) in [6, 6.07) is 0.728. The highest BCUT2D eigenvalue weighted by Crippen LogP contribution is 2.11. The van der Waals surface area contributed by atoms with Crippen LogP contribution in [0.25, 0.3) is 0 Å². The van der Waals surface area contributed by atoms with Crippen molar-refractivity contribution in [1.29, 1.82) is 0 Å². The van der Waals surface area contributed by atoms with Crippen molar-refractivity contribution in [3.8, 4) is 0 Å². The molecule has 1 aliphatic rings. The van der Waals surface area contributed by atoms with Gasteiger partial charge in [-0.05, 0) is 32.2 Å². The molecule has 0 aliphatic carbocycles. The van der Waals surface area contributed by atoms with E-state index in [1.54, 1.807) is 0 Å². The number of rotatable bonds is 5. The summed E-state index contributed by atoms with van der Waals surface area (Å²) >= 11 is 1.98. The van der Waals surface area contributed by atoms with Gasteiger partial charge in [0.05, 0.1) is 0 Å². The van der Waals surface area contributed by atoms with Gasteiger partial charge in [0.15, 0.2) is 0 Å². The lowest BCUT2D eigenvalue weighted by molar-refractivity contribution is 0.266. The fourth-order valence-electron chi connectivity index (χ4n) is 2.22. The highest BCUT2D eigenvalue weighted by molar-refractivity contribution is 7.99. The Balaban J connectivity index is 2.35. The van der Waals surface area contributed by atoms with Gasteiger partial charge in [0.1, 0.15) is 0 Å². The summed E-state index contributed by atoms with van der Waals surface area (Å²) < 4.78 is 0. The number of nitrogens with zero attached hydrogens (tertiary/aromatic N) is 1. The summed E-state index contributed by atoms with van der Waals surface area (Å²) in [6.45, 7) is 9.59. The van der Waals surface area contributed by atoms with E-state index in [2.05, 4.69) is 30.3 Å². The summed E-state index contributed by atoms with van der Waals surface area (Å²) in [4.78, 5) is 2.64. The maximum Gasteiger partial charge on any atom is 0.0194 e. The number of hydrogen-bond donors (Lipinski definition) is 1. The van der Waals surface area contributed by atoms with Gasteiger partial charge >= 0.3 is 0 Å². The van der Waals surface area contributed by atoms with Crippen LogP contribution in [0.3, 0.4) is 0 Å². The van der Waals surface area contributed by atoms with Crippen LogP contribution in [-0.2, 0) is 0 Å². The van der Waals surface area contributed by atoms with Gasteiger partial charge in [-0.25, -0.2) is 0 Å². The van der Waals surface area contributed by atoms with E-state index in [1.165, 1.54) is 45.4 Å². The SMILES string of the molecule is CCCC1CN(CC(C)SC)CCCN1. The molecule has 1 fully saturated rings. The maximum atomic E-state index is 3.66. The molecule has 0 amide bonds. The molecule has 2 nitrogen and oxygen atoms in total. The first-order chi connectivity index (χ1) is 7.26. The minimum Gasteiger partial charge on any atom is -0.313 e. The van der Waals surface area contributed by atoms with Crippen molar-refractivity contribution in [2.75, 3.05) is 32.4 Å². The third kappa shape index (κ3) is 5.23. The standard InChI is InChI=1S/C12H26N2S/c1-4-6-12-10-14(8-5-7-13-12)9-11(2)15-3/h11-13H,4-10H2,1-3H3. The molecular weight excluding hydrogens is 204 g/mol. The van der Waals surface area contributed by atoms with Crippen LogP contribution in [0, 0.1) is 0 Å². The van der Waals surface area contributed by atoms with Gasteiger partial charge < -0.3 is 10.2 Å². The molecule has 1 N–H and O–H groups in total. The fourth-order valence-corrected chi connectivity index (χ4v) is 2.58. The van der Waals surface area contributed by atoms with Crippen molar-refractivity contribution in [3.63, 3.8) is 0 Å². The molecule has 0 radical (unpaired) electrons. The first kappa shape index (κ1) is 13.3. The lowest BCUT2D eigenvalue weighted by Gasteiger charge is -2.26. The molecule has 0 bridgehead atoms. The molecule has 0 aromatic carbocycles. The van der Waals surface area contributed by atoms with Gasteiger partial charge in [-0.3, -0.25) is 0 Å². The van der Waals surface area contributed by atoms with Gasteiger partial charge in [-0.15, -0.1) is 0 Å². The van der Waals surface area contributed by atoms with Crippen molar-refractivity contribution in [2.45, 2.75) is 44.4 Å². The lowest BCUT2D eigenvalue weighted by Crippen LogP contribution is -2.39. The summed E-state index contributed by atoms with van der Waals surface area (Å²) in [5.41, 5.74) is 0. The maximum absolute atomic E-state index is 3.66. The first-order valence-electron chi connectivity index (χ1n) is 6.24. The van der Waals surface area contributed by atoms with Crippen molar-refractivity contribution < 1.29 is 0 Å². The summed E-state index contributed by atoms with van der Waals surface area (Å²) in [6.07, 6.45) is 6.14. The van der Waals surface area contributed by atoms with Crippen LogP contribution >= 0.6 is 11.8 Å². The van der Waals surface area contributed by atoms with Crippen LogP contribution in [0.15, 0.2) is 0 Å². The molecule has 0 saturated carbocycles. The summed E-state index contributed by atoms with van der Waals surface area (Å²) in [5.74, 6) is 0. The normalized spacial score (nSPS) is 26.2. The number of nitrogens with one attached hydrogen (secondary N) is 1. The Kier molecular flexibility index (Phi) is 6.69. The highest BCUT2D eigenvalue weighted by Gasteiger charge is 2.17. The molecule has 0 aromatic heterocycles. The third-order valence-corrected chi connectivity index (χ3v) is 4.07. The molecule has 2 atom stereocenters. The van der Waals surface area contributed by atoms with Gasteiger partial charge in [0.25, 0.3) is 0 Å². The van der Waals surface area contributed by atoms with Crippen molar-refractivity contribution in [2.24, 2.45) is 0 Å². The van der Waals surface area contributed by atoms with Crippen LogP contribution in [0.1, 0.15) is 33.1 Å². The zero-order chi connectivity index (χ0) is 11.1. The molecule has 1 saturated heterocycles. The van der Waals surface area contributed by atoms with Gasteiger partial charge in [0, 0.05) is 24.4 Å². The average molecular weight is 230 g/mol. The van der Waals surface area contributed by atoms with E-state index in [0.29, 0.717) is 0 Å². The van der Waals surface area contributed by atoms with E-state index in [1.807, 2.05) is 11.8 Å². The predicted molar refractivity (Wildman–Crippen MR) is 70.7 cm³/mol. The molecule has 3 heteroatoms. The largest absolute Gasteiger partial charge is 0.313 e. The number of hydrogen-bond acceptors (Lipinski definition) is 3. The summed E-state index contributed by atoms with van der Waals surface area (Å²) in [5, 5.41) is 4.42. The van der Waals surface area contributed by atoms with E-state index in [4.69, 9.17) is 0 Å². The van der Waals surface area contributed by atoms with E-state index in [9.17, 15) is 0 Å². The monoisotopic (exact) mass is 230 g/mol. The van der Waals surface area contributed by atoms with E-state index < -0.39 is 0 Å². The average Bonchev–Trinajstić information content (AvgIpc) is 2.44. The molecule has 1 aliphatic heterocycles. The Bertz CT molecular complexity index is 164. The van der Waals surface area contributed by atoms with E-state index in [-0.39, 0.29) is 0 Å². The van der Waals surface area contributed by atoms with Crippen LogP contribution in [0.4, 0.5) is 0 Å². The zero-order valence-electron chi connectivity index (χ0n) is 10.5. The first-order valence-corrected chi connectivity index (χ1v) is 7.53. The second-order valence-corrected chi connectivity index (χ2v) is 5.88. The van der Waals surface area contributed by atoms with E-state index >= 15 is 0 Å². The van der Waals surface area contributed by atoms with Gasteiger partial charge in [0.2, 0.25) is 0 Å². The minimum absolute atomic E-state index is 0.728. The van der Waals surface area contributed by atoms with Crippen LogP contribution in [-0.4, -0.2) is 48.6 Å². The van der Waals surface area contributed by atoms with Gasteiger partial charge in [-0.1, -0.05) is 20.3 Å². The molecule has 0 aromatic rings. The molecule has 1 heterocycles. The predicted octanol–water partition coefficient (Wildman–Crippen LogP) is 2.20. The molecule has 2 unspecified atom stereocenters. The van der Waals surface area contributed by atoms with Crippen LogP contribution in [0.2, 0.25) is 0 Å².